The van der Waals surface area contributed by atoms with Gasteiger partial charge in [-0.2, -0.15) is 0 Å². The number of ether oxygens (including phenoxy) is 1. The van der Waals surface area contributed by atoms with Gasteiger partial charge in [0.2, 0.25) is 0 Å². The van der Waals surface area contributed by atoms with Crippen LogP contribution in [0.2, 0.25) is 0 Å². The zero-order valence-electron chi connectivity index (χ0n) is 21.0. The normalized spacial score (nSPS) is 23.3. The Labute approximate surface area is 212 Å². The van der Waals surface area contributed by atoms with Crippen molar-refractivity contribution in [1.29, 1.82) is 0 Å². The highest BCUT2D eigenvalue weighted by molar-refractivity contribution is 5.98. The molecule has 3 aromatic rings. The third-order valence-corrected chi connectivity index (χ3v) is 7.63. The molecule has 3 N–H and O–H groups in total. The largest absolute Gasteiger partial charge is 0.391 e. The number of methoxy groups -OCH3 is 1. The van der Waals surface area contributed by atoms with Gasteiger partial charge < -0.3 is 25.4 Å². The minimum absolute atomic E-state index is 0.0436. The van der Waals surface area contributed by atoms with Crippen LogP contribution in [0, 0.1) is 5.92 Å². The van der Waals surface area contributed by atoms with Crippen LogP contribution >= 0.6 is 0 Å². The second kappa shape index (κ2) is 10.5. The minimum atomic E-state index is -0.522. The molecule has 2 aliphatic heterocycles. The van der Waals surface area contributed by atoms with Crippen molar-refractivity contribution in [2.24, 2.45) is 11.7 Å². The Bertz CT molecular complexity index is 1210. The number of carbonyl (C=O) groups excluding carboxylic acids is 1. The molecule has 3 atom stereocenters. The molecular weight excluding hydrogens is 454 g/mol. The fourth-order valence-corrected chi connectivity index (χ4v) is 5.45. The number of carbonyl (C=O) groups is 1. The molecule has 2 aliphatic rings. The Balaban J connectivity index is 1.35. The summed E-state index contributed by atoms with van der Waals surface area (Å²) >= 11 is 0. The van der Waals surface area contributed by atoms with Gasteiger partial charge >= 0.3 is 0 Å². The SMILES string of the molecule is COC1CCN(c2ccc3ccc(C(=O)Cc4cnccc4N4C[C@@H](N)[C@H](O)[C@@H](C)C4)nc3c2)CC1. The number of ketones is 1. The third kappa shape index (κ3) is 5.07. The summed E-state index contributed by atoms with van der Waals surface area (Å²) < 4.78 is 5.50. The van der Waals surface area contributed by atoms with Crippen LogP contribution in [0.3, 0.4) is 0 Å². The second-order valence-electron chi connectivity index (χ2n) is 10.1. The summed E-state index contributed by atoms with van der Waals surface area (Å²) in [7, 11) is 1.78. The van der Waals surface area contributed by atoms with Crippen molar-refractivity contribution in [3.63, 3.8) is 0 Å². The van der Waals surface area contributed by atoms with Gasteiger partial charge in [-0.3, -0.25) is 9.78 Å². The average Bonchev–Trinajstić information content (AvgIpc) is 2.91. The molecule has 0 bridgehead atoms. The van der Waals surface area contributed by atoms with E-state index in [4.69, 9.17) is 15.5 Å². The standard InChI is InChI=1S/C28H35N5O3/c1-18-16-33(17-23(29)28(18)35)26-7-10-30-15-20(26)13-27(34)24-6-4-19-3-5-21(14-25(19)31-24)32-11-8-22(36-2)9-12-32/h3-7,10,14-15,18,22-23,28,35H,8-9,11-13,16-17,29H2,1-2H3/t18-,23+,28+/m0/s1. The number of hydrogen-bond acceptors (Lipinski definition) is 8. The van der Waals surface area contributed by atoms with Gasteiger partial charge in [-0.1, -0.05) is 19.1 Å². The average molecular weight is 490 g/mol. The van der Waals surface area contributed by atoms with Crippen LogP contribution in [0.25, 0.3) is 10.9 Å². The number of anilines is 2. The van der Waals surface area contributed by atoms with E-state index in [1.165, 1.54) is 0 Å². The van der Waals surface area contributed by atoms with Gasteiger partial charge in [0, 0.05) is 86.4 Å². The van der Waals surface area contributed by atoms with Crippen LogP contribution in [0.4, 0.5) is 11.4 Å². The fourth-order valence-electron chi connectivity index (χ4n) is 5.45. The monoisotopic (exact) mass is 489 g/mol. The van der Waals surface area contributed by atoms with Crippen molar-refractivity contribution in [2.75, 3.05) is 43.1 Å². The van der Waals surface area contributed by atoms with Crippen LogP contribution in [0.5, 0.6) is 0 Å². The highest BCUT2D eigenvalue weighted by Crippen LogP contribution is 2.28. The summed E-state index contributed by atoms with van der Waals surface area (Å²) in [5, 5.41) is 11.3. The predicted octanol–water partition coefficient (Wildman–Crippen LogP) is 2.81. The summed E-state index contributed by atoms with van der Waals surface area (Å²) in [4.78, 5) is 26.9. The molecule has 0 spiro atoms. The van der Waals surface area contributed by atoms with E-state index in [0.29, 0.717) is 24.9 Å². The van der Waals surface area contributed by atoms with E-state index in [9.17, 15) is 9.90 Å². The van der Waals surface area contributed by atoms with Gasteiger partial charge in [0.25, 0.3) is 0 Å². The number of piperidine rings is 2. The van der Waals surface area contributed by atoms with Gasteiger partial charge in [-0.15, -0.1) is 0 Å². The van der Waals surface area contributed by atoms with E-state index in [0.717, 1.165) is 53.8 Å². The number of hydrogen-bond donors (Lipinski definition) is 2. The van der Waals surface area contributed by atoms with E-state index in [-0.39, 0.29) is 24.2 Å². The van der Waals surface area contributed by atoms with Crippen molar-refractivity contribution in [1.82, 2.24) is 9.97 Å². The molecule has 0 aliphatic carbocycles. The van der Waals surface area contributed by atoms with Crippen molar-refractivity contribution >= 4 is 28.1 Å². The number of rotatable bonds is 6. The molecular formula is C28H35N5O3. The minimum Gasteiger partial charge on any atom is -0.391 e. The first-order chi connectivity index (χ1) is 17.4. The zero-order valence-corrected chi connectivity index (χ0v) is 21.0. The van der Waals surface area contributed by atoms with Gasteiger partial charge in [0.05, 0.1) is 17.7 Å². The number of nitrogens with zero attached hydrogens (tertiary/aromatic N) is 4. The molecule has 5 rings (SSSR count). The molecule has 2 aromatic heterocycles. The maximum atomic E-state index is 13.3. The lowest BCUT2D eigenvalue weighted by atomic mass is 9.92. The molecule has 4 heterocycles. The van der Waals surface area contributed by atoms with E-state index < -0.39 is 6.10 Å². The first kappa shape index (κ1) is 24.6. The molecule has 0 saturated carbocycles. The third-order valence-electron chi connectivity index (χ3n) is 7.63. The van der Waals surface area contributed by atoms with Crippen LogP contribution in [-0.2, 0) is 11.2 Å². The van der Waals surface area contributed by atoms with Crippen molar-refractivity contribution < 1.29 is 14.6 Å². The topological polar surface area (TPSA) is 105 Å². The van der Waals surface area contributed by atoms with Gasteiger partial charge in [0.15, 0.2) is 5.78 Å². The molecule has 0 amide bonds. The molecule has 1 aromatic carbocycles. The fraction of sp³-hybridized carbons (Fsp3) is 0.464. The number of fused-ring (bicyclic) bond motifs is 1. The van der Waals surface area contributed by atoms with Crippen LogP contribution in [0.1, 0.15) is 35.8 Å². The summed E-state index contributed by atoms with van der Waals surface area (Å²) in [6.07, 6.45) is 5.50. The quantitative estimate of drug-likeness (QED) is 0.510. The summed E-state index contributed by atoms with van der Waals surface area (Å²) in [5.41, 5.74) is 10.4. The van der Waals surface area contributed by atoms with Crippen molar-refractivity contribution in [2.45, 2.75) is 44.4 Å². The summed E-state index contributed by atoms with van der Waals surface area (Å²) in [5.74, 6) is -0.00559. The molecule has 0 unspecified atom stereocenters. The lowest BCUT2D eigenvalue weighted by molar-refractivity contribution is 0.0784. The number of aromatic nitrogens is 2. The summed E-state index contributed by atoms with van der Waals surface area (Å²) in [6, 6.07) is 11.6. The molecule has 8 nitrogen and oxygen atoms in total. The first-order valence-electron chi connectivity index (χ1n) is 12.8. The van der Waals surface area contributed by atoms with E-state index in [1.807, 2.05) is 19.1 Å². The van der Waals surface area contributed by atoms with Crippen LogP contribution < -0.4 is 15.5 Å². The maximum absolute atomic E-state index is 13.3. The van der Waals surface area contributed by atoms with E-state index >= 15 is 0 Å². The number of Topliss-reactive ketones (excluding diaryl/α,β-unsaturated/α-hetero) is 1. The number of pyridine rings is 2. The zero-order chi connectivity index (χ0) is 25.2. The van der Waals surface area contributed by atoms with E-state index in [2.05, 4.69) is 33.0 Å². The van der Waals surface area contributed by atoms with Gasteiger partial charge in [0.1, 0.15) is 5.69 Å². The molecule has 2 fully saturated rings. The maximum Gasteiger partial charge on any atom is 0.185 e. The highest BCUT2D eigenvalue weighted by atomic mass is 16.5. The van der Waals surface area contributed by atoms with Gasteiger partial charge in [-0.25, -0.2) is 4.98 Å². The van der Waals surface area contributed by atoms with Gasteiger partial charge in [-0.05, 0) is 37.1 Å². The Hall–Kier alpha value is -3.07. The number of aliphatic hydroxyl groups is 1. The lowest BCUT2D eigenvalue weighted by Crippen LogP contribution is -2.55. The lowest BCUT2D eigenvalue weighted by Gasteiger charge is -2.40. The predicted molar refractivity (Wildman–Crippen MR) is 142 cm³/mol. The van der Waals surface area contributed by atoms with E-state index in [1.54, 1.807) is 25.6 Å². The van der Waals surface area contributed by atoms with Crippen LogP contribution in [0.15, 0.2) is 48.8 Å². The highest BCUT2D eigenvalue weighted by Gasteiger charge is 2.32. The van der Waals surface area contributed by atoms with Crippen molar-refractivity contribution in [3.05, 3.63) is 60.0 Å². The number of benzene rings is 1. The molecule has 8 heteroatoms. The van der Waals surface area contributed by atoms with Crippen molar-refractivity contribution in [3.8, 4) is 0 Å². The first-order valence-corrected chi connectivity index (χ1v) is 12.8. The van der Waals surface area contributed by atoms with Crippen LogP contribution in [-0.4, -0.2) is 72.4 Å². The molecule has 2 saturated heterocycles. The Morgan fingerprint density at radius 2 is 1.92 bits per heavy atom. The smallest absolute Gasteiger partial charge is 0.185 e. The Morgan fingerprint density at radius 1 is 1.14 bits per heavy atom. The number of aliphatic hydroxyl groups excluding tert-OH is 1. The Morgan fingerprint density at radius 3 is 2.67 bits per heavy atom. The second-order valence-corrected chi connectivity index (χ2v) is 10.1. The summed E-state index contributed by atoms with van der Waals surface area (Å²) in [6.45, 7) is 5.11. The number of nitrogens with two attached hydrogens (primary N) is 1. The molecule has 0 radical (unpaired) electrons. The molecule has 190 valence electrons. The molecule has 36 heavy (non-hydrogen) atoms. The Kier molecular flexibility index (Phi) is 7.18.